The summed E-state index contributed by atoms with van der Waals surface area (Å²) in [5.74, 6) is 0. The molecule has 112 valence electrons. The molecular formula is C17H28N2O. The Morgan fingerprint density at radius 1 is 1.10 bits per heavy atom. The number of aliphatic hydroxyl groups is 1. The molecule has 0 saturated heterocycles. The van der Waals surface area contributed by atoms with Crippen LogP contribution in [0.3, 0.4) is 0 Å². The third-order valence-corrected chi connectivity index (χ3v) is 4.21. The molecule has 1 aliphatic rings. The number of hydrogen-bond donors (Lipinski definition) is 2. The lowest BCUT2D eigenvalue weighted by atomic mass is 10.1. The summed E-state index contributed by atoms with van der Waals surface area (Å²) in [7, 11) is 0. The van der Waals surface area contributed by atoms with Crippen molar-refractivity contribution in [2.24, 2.45) is 0 Å². The van der Waals surface area contributed by atoms with E-state index in [1.165, 1.54) is 49.9 Å². The molecule has 0 unspecified atom stereocenters. The Morgan fingerprint density at radius 3 is 2.30 bits per heavy atom. The lowest BCUT2D eigenvalue weighted by Gasteiger charge is -2.23. The predicted molar refractivity (Wildman–Crippen MR) is 86.5 cm³/mol. The summed E-state index contributed by atoms with van der Waals surface area (Å²) >= 11 is 0. The summed E-state index contributed by atoms with van der Waals surface area (Å²) in [4.78, 5) is 2.19. The Labute approximate surface area is 123 Å². The highest BCUT2D eigenvalue weighted by Gasteiger charge is 2.12. The number of nitrogens with zero attached hydrogens (tertiary/aromatic N) is 1. The van der Waals surface area contributed by atoms with Gasteiger partial charge < -0.3 is 15.3 Å². The van der Waals surface area contributed by atoms with Crippen molar-refractivity contribution in [2.45, 2.75) is 51.5 Å². The van der Waals surface area contributed by atoms with E-state index in [0.717, 1.165) is 6.54 Å². The maximum Gasteiger partial charge on any atom is 0.0606 e. The van der Waals surface area contributed by atoms with Gasteiger partial charge in [-0.15, -0.1) is 0 Å². The summed E-state index contributed by atoms with van der Waals surface area (Å²) < 4.78 is 0. The van der Waals surface area contributed by atoms with Crippen LogP contribution in [0.5, 0.6) is 0 Å². The molecule has 0 amide bonds. The van der Waals surface area contributed by atoms with Gasteiger partial charge in [0.05, 0.1) is 6.61 Å². The second kappa shape index (κ2) is 8.15. The first kappa shape index (κ1) is 15.2. The van der Waals surface area contributed by atoms with Gasteiger partial charge >= 0.3 is 0 Å². The Balaban J connectivity index is 1.93. The minimum atomic E-state index is 0.204. The zero-order valence-electron chi connectivity index (χ0n) is 12.6. The van der Waals surface area contributed by atoms with Crippen molar-refractivity contribution in [3.8, 4) is 0 Å². The topological polar surface area (TPSA) is 35.5 Å². The summed E-state index contributed by atoms with van der Waals surface area (Å²) in [6.45, 7) is 3.95. The smallest absolute Gasteiger partial charge is 0.0606 e. The van der Waals surface area contributed by atoms with E-state index >= 15 is 0 Å². The molecule has 2 N–H and O–H groups in total. The molecule has 1 aromatic rings. The lowest BCUT2D eigenvalue weighted by molar-refractivity contribution is 0.302. The van der Waals surface area contributed by atoms with Crippen LogP contribution in [-0.2, 0) is 0 Å². The fourth-order valence-corrected chi connectivity index (χ4v) is 3.02. The largest absolute Gasteiger partial charge is 0.395 e. The van der Waals surface area contributed by atoms with Crippen molar-refractivity contribution in [3.63, 3.8) is 0 Å². The van der Waals surface area contributed by atoms with Crippen molar-refractivity contribution in [1.29, 1.82) is 0 Å². The molecule has 3 heteroatoms. The van der Waals surface area contributed by atoms with E-state index in [1.54, 1.807) is 0 Å². The number of benzene rings is 1. The minimum absolute atomic E-state index is 0.204. The van der Waals surface area contributed by atoms with Crippen LogP contribution in [0.25, 0.3) is 0 Å². The molecule has 1 aliphatic carbocycles. The molecule has 0 aliphatic heterocycles. The van der Waals surface area contributed by atoms with E-state index in [4.69, 9.17) is 5.11 Å². The molecule has 0 bridgehead atoms. The molecule has 0 radical (unpaired) electrons. The first-order valence-electron chi connectivity index (χ1n) is 8.06. The Morgan fingerprint density at radius 2 is 1.75 bits per heavy atom. The highest BCUT2D eigenvalue weighted by atomic mass is 16.3. The number of likely N-dealkylation sites (N-methyl/N-ethyl adjacent to an activating group) is 1. The quantitative estimate of drug-likeness (QED) is 0.779. The van der Waals surface area contributed by atoms with E-state index in [1.807, 2.05) is 0 Å². The summed E-state index contributed by atoms with van der Waals surface area (Å²) in [5, 5.41) is 12.7. The van der Waals surface area contributed by atoms with Gasteiger partial charge in [0.15, 0.2) is 0 Å². The molecule has 20 heavy (non-hydrogen) atoms. The van der Waals surface area contributed by atoms with Crippen molar-refractivity contribution < 1.29 is 5.11 Å². The minimum Gasteiger partial charge on any atom is -0.395 e. The normalized spacial score (nSPS) is 16.7. The van der Waals surface area contributed by atoms with Crippen LogP contribution in [0.4, 0.5) is 11.4 Å². The molecule has 0 spiro atoms. The van der Waals surface area contributed by atoms with Crippen molar-refractivity contribution >= 4 is 11.4 Å². The molecular weight excluding hydrogens is 248 g/mol. The molecule has 2 rings (SSSR count). The van der Waals surface area contributed by atoms with Crippen LogP contribution in [-0.4, -0.2) is 30.8 Å². The van der Waals surface area contributed by atoms with Gasteiger partial charge in [0.25, 0.3) is 0 Å². The van der Waals surface area contributed by atoms with Gasteiger partial charge in [-0.3, -0.25) is 0 Å². The van der Waals surface area contributed by atoms with Crippen LogP contribution in [0, 0.1) is 0 Å². The second-order valence-electron chi connectivity index (χ2n) is 5.68. The van der Waals surface area contributed by atoms with Crippen LogP contribution in [0.1, 0.15) is 45.4 Å². The zero-order chi connectivity index (χ0) is 14.2. The third-order valence-electron chi connectivity index (χ3n) is 4.21. The van der Waals surface area contributed by atoms with Crippen molar-refractivity contribution in [2.75, 3.05) is 29.9 Å². The Bertz CT molecular complexity index is 369. The van der Waals surface area contributed by atoms with Gasteiger partial charge in [0.2, 0.25) is 0 Å². The van der Waals surface area contributed by atoms with Crippen LogP contribution >= 0.6 is 0 Å². The van der Waals surface area contributed by atoms with E-state index < -0.39 is 0 Å². The number of hydrogen-bond acceptors (Lipinski definition) is 3. The van der Waals surface area contributed by atoms with Gasteiger partial charge in [0, 0.05) is 30.5 Å². The van der Waals surface area contributed by atoms with Crippen molar-refractivity contribution in [3.05, 3.63) is 24.3 Å². The SMILES string of the molecule is CCN(CCO)c1ccc(NC2CCCCCC2)cc1. The average molecular weight is 276 g/mol. The van der Waals surface area contributed by atoms with Crippen LogP contribution in [0.2, 0.25) is 0 Å². The van der Waals surface area contributed by atoms with Gasteiger partial charge in [-0.1, -0.05) is 25.7 Å². The predicted octanol–water partition coefficient (Wildman–Crippen LogP) is 3.64. The Kier molecular flexibility index (Phi) is 6.19. The van der Waals surface area contributed by atoms with Gasteiger partial charge in [-0.2, -0.15) is 0 Å². The molecule has 1 fully saturated rings. The second-order valence-corrected chi connectivity index (χ2v) is 5.68. The molecule has 3 nitrogen and oxygen atoms in total. The average Bonchev–Trinajstić information content (AvgIpc) is 2.74. The maximum atomic E-state index is 9.07. The number of nitrogens with one attached hydrogen (secondary N) is 1. The fourth-order valence-electron chi connectivity index (χ4n) is 3.02. The molecule has 0 aromatic heterocycles. The zero-order valence-corrected chi connectivity index (χ0v) is 12.6. The standard InChI is InChI=1S/C17H28N2O/c1-2-19(13-14-20)17-11-9-16(10-12-17)18-15-7-5-3-4-6-8-15/h9-12,15,18,20H,2-8,13-14H2,1H3. The third kappa shape index (κ3) is 4.41. The first-order valence-corrected chi connectivity index (χ1v) is 8.06. The summed E-state index contributed by atoms with van der Waals surface area (Å²) in [6, 6.07) is 9.28. The fraction of sp³-hybridized carbons (Fsp3) is 0.647. The van der Waals surface area contributed by atoms with E-state index in [0.29, 0.717) is 12.6 Å². The maximum absolute atomic E-state index is 9.07. The molecule has 0 heterocycles. The Hall–Kier alpha value is -1.22. The van der Waals surface area contributed by atoms with Gasteiger partial charge in [-0.05, 0) is 44.0 Å². The van der Waals surface area contributed by atoms with Gasteiger partial charge in [0.1, 0.15) is 0 Å². The number of aliphatic hydroxyl groups excluding tert-OH is 1. The number of anilines is 2. The first-order chi connectivity index (χ1) is 9.83. The highest BCUT2D eigenvalue weighted by molar-refractivity contribution is 5.55. The highest BCUT2D eigenvalue weighted by Crippen LogP contribution is 2.23. The van der Waals surface area contributed by atoms with E-state index in [2.05, 4.69) is 41.4 Å². The molecule has 0 atom stereocenters. The van der Waals surface area contributed by atoms with E-state index in [9.17, 15) is 0 Å². The van der Waals surface area contributed by atoms with Crippen LogP contribution < -0.4 is 10.2 Å². The molecule has 1 saturated carbocycles. The summed E-state index contributed by atoms with van der Waals surface area (Å²) in [5.41, 5.74) is 2.41. The lowest BCUT2D eigenvalue weighted by Crippen LogP contribution is -2.26. The van der Waals surface area contributed by atoms with Crippen LogP contribution in [0.15, 0.2) is 24.3 Å². The van der Waals surface area contributed by atoms with Gasteiger partial charge in [-0.25, -0.2) is 0 Å². The molecule has 1 aromatic carbocycles. The summed E-state index contributed by atoms with van der Waals surface area (Å²) in [6.07, 6.45) is 8.10. The van der Waals surface area contributed by atoms with E-state index in [-0.39, 0.29) is 6.61 Å². The monoisotopic (exact) mass is 276 g/mol. The van der Waals surface area contributed by atoms with Crippen molar-refractivity contribution in [1.82, 2.24) is 0 Å². The number of rotatable bonds is 6.